The summed E-state index contributed by atoms with van der Waals surface area (Å²) < 4.78 is 9.37. The fraction of sp³-hybridized carbons (Fsp3) is 0.421. The first kappa shape index (κ1) is 16.6. The molecule has 1 aromatic carbocycles. The van der Waals surface area contributed by atoms with Gasteiger partial charge in [-0.2, -0.15) is 4.98 Å². The van der Waals surface area contributed by atoms with Gasteiger partial charge in [-0.15, -0.1) is 5.10 Å². The van der Waals surface area contributed by atoms with Crippen LogP contribution in [0.25, 0.3) is 5.69 Å². The number of hydrogen-bond donors (Lipinski definition) is 1. The molecule has 0 unspecified atom stereocenters. The number of nitrogens with zero attached hydrogens (tertiary/aromatic N) is 5. The normalized spacial score (nSPS) is 13.8. The van der Waals surface area contributed by atoms with Gasteiger partial charge in [-0.25, -0.2) is 4.98 Å². The molecule has 3 aromatic rings. The van der Waals surface area contributed by atoms with Crippen molar-refractivity contribution in [2.45, 2.75) is 32.6 Å². The van der Waals surface area contributed by atoms with Crippen molar-refractivity contribution in [3.8, 4) is 11.4 Å². The number of benzene rings is 1. The third kappa shape index (κ3) is 3.56. The van der Waals surface area contributed by atoms with Gasteiger partial charge in [-0.05, 0) is 31.4 Å². The van der Waals surface area contributed by atoms with Crippen LogP contribution in [0, 0.1) is 12.8 Å². The molecule has 0 aliphatic heterocycles. The highest BCUT2D eigenvalue weighted by Gasteiger charge is 2.21. The van der Waals surface area contributed by atoms with Gasteiger partial charge in [-0.1, -0.05) is 12.8 Å². The predicted molar refractivity (Wildman–Crippen MR) is 100 cm³/mol. The van der Waals surface area contributed by atoms with Crippen molar-refractivity contribution >= 4 is 11.6 Å². The van der Waals surface area contributed by atoms with Crippen LogP contribution in [0.1, 0.15) is 30.8 Å². The van der Waals surface area contributed by atoms with Crippen molar-refractivity contribution in [2.75, 3.05) is 12.4 Å². The van der Waals surface area contributed by atoms with E-state index in [4.69, 9.17) is 4.74 Å². The number of hydrogen-bond acceptors (Lipinski definition) is 5. The molecule has 0 radical (unpaired) electrons. The number of ether oxygens (including phenoxy) is 1. The van der Waals surface area contributed by atoms with Crippen LogP contribution < -0.4 is 10.1 Å². The Kier molecular flexibility index (Phi) is 4.36. The molecule has 26 heavy (non-hydrogen) atoms. The van der Waals surface area contributed by atoms with Gasteiger partial charge in [0.2, 0.25) is 5.95 Å². The Morgan fingerprint density at radius 1 is 1.31 bits per heavy atom. The number of aryl methyl sites for hydroxylation is 3. The molecule has 0 saturated heterocycles. The lowest BCUT2D eigenvalue weighted by molar-refractivity contribution is 0.413. The molecule has 2 heterocycles. The smallest absolute Gasteiger partial charge is 0.246 e. The Labute approximate surface area is 153 Å². The Balaban J connectivity index is 1.52. The van der Waals surface area contributed by atoms with E-state index in [1.54, 1.807) is 13.4 Å². The molecule has 136 valence electrons. The van der Waals surface area contributed by atoms with Crippen LogP contribution in [-0.4, -0.2) is 31.4 Å². The van der Waals surface area contributed by atoms with Gasteiger partial charge in [0.05, 0.1) is 24.8 Å². The van der Waals surface area contributed by atoms with Crippen molar-refractivity contribution in [3.05, 3.63) is 42.2 Å². The first-order chi connectivity index (χ1) is 12.6. The molecule has 1 saturated carbocycles. The zero-order chi connectivity index (χ0) is 18.1. The Morgan fingerprint density at radius 3 is 2.85 bits per heavy atom. The molecule has 1 fully saturated rings. The van der Waals surface area contributed by atoms with Gasteiger partial charge >= 0.3 is 0 Å². The van der Waals surface area contributed by atoms with Gasteiger partial charge in [-0.3, -0.25) is 4.68 Å². The summed E-state index contributed by atoms with van der Waals surface area (Å²) in [7, 11) is 3.62. The highest BCUT2D eigenvalue weighted by Crippen LogP contribution is 2.33. The highest BCUT2D eigenvalue weighted by molar-refractivity contribution is 5.61. The van der Waals surface area contributed by atoms with Crippen molar-refractivity contribution in [1.29, 1.82) is 0 Å². The number of nitrogens with one attached hydrogen (secondary N) is 1. The van der Waals surface area contributed by atoms with Crippen molar-refractivity contribution in [2.24, 2.45) is 13.0 Å². The van der Waals surface area contributed by atoms with Gasteiger partial charge in [0.1, 0.15) is 11.6 Å². The van der Waals surface area contributed by atoms with E-state index in [0.717, 1.165) is 41.0 Å². The van der Waals surface area contributed by atoms with Crippen LogP contribution in [0.3, 0.4) is 0 Å². The molecule has 0 spiro atoms. The summed E-state index contributed by atoms with van der Waals surface area (Å²) in [6.45, 7) is 1.96. The second-order valence-corrected chi connectivity index (χ2v) is 6.89. The number of imidazole rings is 1. The zero-order valence-corrected chi connectivity index (χ0v) is 15.4. The molecule has 1 aliphatic rings. The van der Waals surface area contributed by atoms with Gasteiger partial charge in [0.25, 0.3) is 0 Å². The van der Waals surface area contributed by atoms with Gasteiger partial charge in [0.15, 0.2) is 0 Å². The average Bonchev–Trinajstić information content (AvgIpc) is 3.27. The summed E-state index contributed by atoms with van der Waals surface area (Å²) in [5.41, 5.74) is 2.80. The summed E-state index contributed by atoms with van der Waals surface area (Å²) >= 11 is 0. The predicted octanol–water partition coefficient (Wildman–Crippen LogP) is 3.40. The quantitative estimate of drug-likeness (QED) is 0.706. The Bertz CT molecular complexity index is 909. The molecule has 1 N–H and O–H groups in total. The van der Waals surface area contributed by atoms with Crippen LogP contribution in [0.2, 0.25) is 0 Å². The monoisotopic (exact) mass is 352 g/mol. The topological polar surface area (TPSA) is 69.8 Å². The first-order valence-corrected chi connectivity index (χ1v) is 8.98. The largest absolute Gasteiger partial charge is 0.494 e. The maximum atomic E-state index is 5.55. The number of anilines is 2. The van der Waals surface area contributed by atoms with E-state index in [0.29, 0.717) is 5.95 Å². The number of aromatic nitrogens is 5. The fourth-order valence-electron chi connectivity index (χ4n) is 3.08. The van der Waals surface area contributed by atoms with Gasteiger partial charge < -0.3 is 14.6 Å². The summed E-state index contributed by atoms with van der Waals surface area (Å²) in [5.74, 6) is 3.30. The molecule has 1 aliphatic carbocycles. The molecule has 7 heteroatoms. The van der Waals surface area contributed by atoms with Crippen LogP contribution in [0.5, 0.6) is 5.75 Å². The SMILES string of the molecule is COc1cc(Nc2nc(CCC3CC3)n(C)n2)ccc1-n1cnc(C)c1. The molecular weight excluding hydrogens is 328 g/mol. The molecule has 0 bridgehead atoms. The summed E-state index contributed by atoms with van der Waals surface area (Å²) in [4.78, 5) is 8.90. The highest BCUT2D eigenvalue weighted by atomic mass is 16.5. The van der Waals surface area contributed by atoms with Crippen molar-refractivity contribution in [3.63, 3.8) is 0 Å². The average molecular weight is 352 g/mol. The lowest BCUT2D eigenvalue weighted by Gasteiger charge is -2.11. The van der Waals surface area contributed by atoms with Crippen LogP contribution >= 0.6 is 0 Å². The van der Waals surface area contributed by atoms with E-state index < -0.39 is 0 Å². The maximum absolute atomic E-state index is 5.55. The summed E-state index contributed by atoms with van der Waals surface area (Å²) in [6, 6.07) is 5.94. The molecular formula is C19H24N6O. The molecule has 0 amide bonds. The minimum atomic E-state index is 0.617. The first-order valence-electron chi connectivity index (χ1n) is 8.98. The third-order valence-corrected chi connectivity index (χ3v) is 4.75. The Hall–Kier alpha value is -2.83. The fourth-order valence-corrected chi connectivity index (χ4v) is 3.08. The third-order valence-electron chi connectivity index (χ3n) is 4.75. The summed E-state index contributed by atoms with van der Waals surface area (Å²) in [6.07, 6.45) is 8.68. The van der Waals surface area contributed by atoms with Gasteiger partial charge in [0, 0.05) is 31.4 Å². The minimum Gasteiger partial charge on any atom is -0.494 e. The number of rotatable bonds is 7. The second-order valence-electron chi connectivity index (χ2n) is 6.89. The van der Waals surface area contributed by atoms with Crippen LogP contribution in [0.4, 0.5) is 11.6 Å². The van der Waals surface area contributed by atoms with E-state index in [-0.39, 0.29) is 0 Å². The molecule has 4 rings (SSSR count). The summed E-state index contributed by atoms with van der Waals surface area (Å²) in [5, 5.41) is 7.76. The van der Waals surface area contributed by atoms with Crippen LogP contribution in [-0.2, 0) is 13.5 Å². The molecule has 0 atom stereocenters. The maximum Gasteiger partial charge on any atom is 0.246 e. The molecule has 2 aromatic heterocycles. The van der Waals surface area contributed by atoms with E-state index in [1.807, 2.05) is 47.6 Å². The van der Waals surface area contributed by atoms with E-state index in [9.17, 15) is 0 Å². The van der Waals surface area contributed by atoms with E-state index >= 15 is 0 Å². The minimum absolute atomic E-state index is 0.617. The van der Waals surface area contributed by atoms with Crippen molar-refractivity contribution in [1.82, 2.24) is 24.3 Å². The van der Waals surface area contributed by atoms with Crippen molar-refractivity contribution < 1.29 is 4.74 Å². The lowest BCUT2D eigenvalue weighted by Crippen LogP contribution is -2.00. The van der Waals surface area contributed by atoms with E-state index in [1.165, 1.54) is 19.3 Å². The lowest BCUT2D eigenvalue weighted by atomic mass is 10.2. The zero-order valence-electron chi connectivity index (χ0n) is 15.4. The van der Waals surface area contributed by atoms with E-state index in [2.05, 4.69) is 20.4 Å². The number of methoxy groups -OCH3 is 1. The second kappa shape index (κ2) is 6.82. The van der Waals surface area contributed by atoms with Crippen LogP contribution in [0.15, 0.2) is 30.7 Å². The Morgan fingerprint density at radius 2 is 2.15 bits per heavy atom. The standard InChI is InChI=1S/C19H24N6O/c1-13-11-25(12-20-13)16-8-7-15(10-17(16)26-3)21-19-22-18(24(2)23-19)9-6-14-4-5-14/h7-8,10-12,14H,4-6,9H2,1-3H3,(H,21,23). The molecule has 7 nitrogen and oxygen atoms in total.